The van der Waals surface area contributed by atoms with Crippen LogP contribution >= 0.6 is 11.6 Å². The molecule has 4 rings (SSSR count). The van der Waals surface area contributed by atoms with Gasteiger partial charge in [0.05, 0.1) is 17.0 Å². The van der Waals surface area contributed by atoms with Gasteiger partial charge in [-0.25, -0.2) is 18.4 Å². The van der Waals surface area contributed by atoms with Crippen LogP contribution in [0.3, 0.4) is 0 Å². The molecule has 3 aromatic rings. The Morgan fingerprint density at radius 3 is 2.63 bits per heavy atom. The van der Waals surface area contributed by atoms with Crippen LogP contribution in [0.25, 0.3) is 11.3 Å². The number of likely N-dealkylation sites (tertiary alicyclic amines) is 1. The predicted octanol–water partition coefficient (Wildman–Crippen LogP) is 4.79. The fourth-order valence-electron chi connectivity index (χ4n) is 4.90. The molecule has 1 aliphatic heterocycles. The molecule has 204 valence electrons. The number of piperidine rings is 1. The topological polar surface area (TPSA) is 98.7 Å². The van der Waals surface area contributed by atoms with Gasteiger partial charge in [0, 0.05) is 30.9 Å². The molecule has 1 aromatic heterocycles. The van der Waals surface area contributed by atoms with Crippen LogP contribution in [-0.4, -0.2) is 71.2 Å². The normalized spacial score (nSPS) is 15.2. The van der Waals surface area contributed by atoms with Crippen LogP contribution in [0.4, 0.5) is 5.95 Å². The molecule has 2 aromatic carbocycles. The number of sulfonamides is 1. The van der Waals surface area contributed by atoms with Gasteiger partial charge >= 0.3 is 0 Å². The monoisotopic (exact) mass is 557 g/mol. The second-order valence-corrected chi connectivity index (χ2v) is 12.2. The first-order valence-corrected chi connectivity index (χ1v) is 15.3. The van der Waals surface area contributed by atoms with Gasteiger partial charge in [0.15, 0.2) is 0 Å². The van der Waals surface area contributed by atoms with E-state index in [0.29, 0.717) is 30.5 Å². The van der Waals surface area contributed by atoms with Crippen molar-refractivity contribution in [2.45, 2.75) is 45.2 Å². The summed E-state index contributed by atoms with van der Waals surface area (Å²) in [4.78, 5) is 11.4. The van der Waals surface area contributed by atoms with E-state index in [4.69, 9.17) is 11.6 Å². The minimum atomic E-state index is -3.36. The molecule has 1 fully saturated rings. The average molecular weight is 558 g/mol. The second-order valence-electron chi connectivity index (χ2n) is 9.81. The van der Waals surface area contributed by atoms with E-state index in [9.17, 15) is 13.5 Å². The van der Waals surface area contributed by atoms with Crippen LogP contribution in [0.5, 0.6) is 5.75 Å². The lowest BCUT2D eigenvalue weighted by atomic mass is 10.0. The Morgan fingerprint density at radius 1 is 1.13 bits per heavy atom. The molecule has 2 N–H and O–H groups in total. The Morgan fingerprint density at radius 2 is 1.92 bits per heavy atom. The van der Waals surface area contributed by atoms with Crippen molar-refractivity contribution in [2.75, 3.05) is 37.8 Å². The largest absolute Gasteiger partial charge is 0.506 e. The van der Waals surface area contributed by atoms with E-state index in [-0.39, 0.29) is 11.8 Å². The fourth-order valence-corrected chi connectivity index (χ4v) is 6.24. The third-order valence-corrected chi connectivity index (χ3v) is 8.44. The number of halogens is 1. The van der Waals surface area contributed by atoms with Crippen molar-refractivity contribution in [1.29, 1.82) is 0 Å². The van der Waals surface area contributed by atoms with Crippen LogP contribution in [0.2, 0.25) is 5.02 Å². The third kappa shape index (κ3) is 7.66. The molecular weight excluding hydrogens is 522 g/mol. The zero-order valence-electron chi connectivity index (χ0n) is 22.0. The molecule has 0 bridgehead atoms. The van der Waals surface area contributed by atoms with Gasteiger partial charge in [-0.05, 0) is 80.7 Å². The summed E-state index contributed by atoms with van der Waals surface area (Å²) in [5, 5.41) is 13.2. The lowest BCUT2D eigenvalue weighted by Gasteiger charge is -2.37. The Kier molecular flexibility index (Phi) is 9.59. The first-order valence-electron chi connectivity index (χ1n) is 13.1. The van der Waals surface area contributed by atoms with Gasteiger partial charge in [-0.3, -0.25) is 0 Å². The third-order valence-electron chi connectivity index (χ3n) is 6.86. The van der Waals surface area contributed by atoms with E-state index in [2.05, 4.69) is 27.1 Å². The molecule has 0 aliphatic carbocycles. The molecule has 0 amide bonds. The highest BCUT2D eigenvalue weighted by atomic mass is 35.5. The van der Waals surface area contributed by atoms with Crippen molar-refractivity contribution in [3.8, 4) is 17.0 Å². The molecule has 38 heavy (non-hydrogen) atoms. The maximum absolute atomic E-state index is 12.7. The summed E-state index contributed by atoms with van der Waals surface area (Å²) in [6, 6.07) is 14.9. The van der Waals surface area contributed by atoms with Gasteiger partial charge in [-0.15, -0.1) is 0 Å². The highest BCUT2D eigenvalue weighted by Crippen LogP contribution is 2.26. The number of rotatable bonds is 11. The molecule has 0 atom stereocenters. The lowest BCUT2D eigenvalue weighted by Crippen LogP contribution is -2.46. The maximum Gasteiger partial charge on any atom is 0.223 e. The van der Waals surface area contributed by atoms with Crippen molar-refractivity contribution in [3.63, 3.8) is 0 Å². The van der Waals surface area contributed by atoms with Crippen LogP contribution in [0, 0.1) is 0 Å². The van der Waals surface area contributed by atoms with Gasteiger partial charge < -0.3 is 15.3 Å². The molecule has 1 saturated heterocycles. The van der Waals surface area contributed by atoms with E-state index in [0.717, 1.165) is 61.3 Å². The summed E-state index contributed by atoms with van der Waals surface area (Å²) in [5.41, 5.74) is 3.59. The molecule has 2 heterocycles. The van der Waals surface area contributed by atoms with Crippen molar-refractivity contribution in [1.82, 2.24) is 19.2 Å². The van der Waals surface area contributed by atoms with E-state index in [1.165, 1.54) is 6.26 Å². The molecule has 0 radical (unpaired) electrons. The molecule has 8 nitrogen and oxygen atoms in total. The Bertz CT molecular complexity index is 1330. The van der Waals surface area contributed by atoms with E-state index >= 15 is 0 Å². The minimum absolute atomic E-state index is 0.0140. The number of phenolic OH excluding ortho intramolecular Hbond substituents is 1. The lowest BCUT2D eigenvalue weighted by molar-refractivity contribution is 0.156. The summed E-state index contributed by atoms with van der Waals surface area (Å²) in [7, 11) is -3.36. The van der Waals surface area contributed by atoms with Crippen LogP contribution in [-0.2, 0) is 23.0 Å². The summed E-state index contributed by atoms with van der Waals surface area (Å²) < 4.78 is 27.2. The van der Waals surface area contributed by atoms with Crippen molar-refractivity contribution >= 4 is 27.6 Å². The number of aromatic hydroxyl groups is 1. The molecule has 1 aliphatic rings. The summed E-state index contributed by atoms with van der Waals surface area (Å²) in [5.74, 6) is 0.577. The van der Waals surface area contributed by atoms with Gasteiger partial charge in [-0.1, -0.05) is 42.8 Å². The first kappa shape index (κ1) is 28.3. The van der Waals surface area contributed by atoms with Crippen LogP contribution in [0.1, 0.15) is 37.3 Å². The van der Waals surface area contributed by atoms with Crippen molar-refractivity contribution < 1.29 is 13.5 Å². The number of aromatic nitrogens is 2. The number of nitrogens with zero attached hydrogens (tertiary/aromatic N) is 4. The Balaban J connectivity index is 1.42. The number of phenols is 1. The molecule has 0 unspecified atom stereocenters. The van der Waals surface area contributed by atoms with Gasteiger partial charge in [0.2, 0.25) is 16.0 Å². The standard InChI is InChI=1S/C28H36ClN5O3S/c1-3-15-33-16-11-24(12-17-33)34(38(2,36)37)20-22-5-4-6-23(18-22)26-10-14-31-28(32-26)30-13-9-21-7-8-27(35)25(29)19-21/h4-8,10,14,18-19,24,35H,3,9,11-13,15-17,20H2,1-2H3,(H,30,31,32). The van der Waals surface area contributed by atoms with E-state index in [1.54, 1.807) is 22.6 Å². The van der Waals surface area contributed by atoms with Crippen LogP contribution in [0.15, 0.2) is 54.7 Å². The first-order chi connectivity index (χ1) is 18.2. The molecule has 10 heteroatoms. The fraction of sp³-hybridized carbons (Fsp3) is 0.429. The highest BCUT2D eigenvalue weighted by Gasteiger charge is 2.30. The summed E-state index contributed by atoms with van der Waals surface area (Å²) in [6.45, 7) is 6.05. The smallest absolute Gasteiger partial charge is 0.223 e. The Hall–Kier alpha value is -2.72. The number of anilines is 1. The number of hydrogen-bond donors (Lipinski definition) is 2. The highest BCUT2D eigenvalue weighted by molar-refractivity contribution is 7.88. The second kappa shape index (κ2) is 12.9. The van der Waals surface area contributed by atoms with E-state index in [1.807, 2.05) is 36.4 Å². The average Bonchev–Trinajstić information content (AvgIpc) is 2.90. The Labute approximate surface area is 230 Å². The quantitative estimate of drug-likeness (QED) is 0.349. The number of hydrogen-bond acceptors (Lipinski definition) is 7. The van der Waals surface area contributed by atoms with E-state index < -0.39 is 10.0 Å². The molecule has 0 spiro atoms. The van der Waals surface area contributed by atoms with Gasteiger partial charge in [0.1, 0.15) is 5.75 Å². The van der Waals surface area contributed by atoms with Crippen LogP contribution < -0.4 is 5.32 Å². The SMILES string of the molecule is CCCN1CCC(N(Cc2cccc(-c3ccnc(NCCc4ccc(O)c(Cl)c4)n3)c2)S(C)(=O)=O)CC1. The summed E-state index contributed by atoms with van der Waals surface area (Å²) in [6.07, 6.45) is 6.53. The van der Waals surface area contributed by atoms with Crippen molar-refractivity contribution in [2.24, 2.45) is 0 Å². The molecular formula is C28H36ClN5O3S. The summed E-state index contributed by atoms with van der Waals surface area (Å²) >= 11 is 6.00. The zero-order valence-corrected chi connectivity index (χ0v) is 23.5. The number of benzene rings is 2. The van der Waals surface area contributed by atoms with Gasteiger partial charge in [0.25, 0.3) is 0 Å². The molecule has 0 saturated carbocycles. The number of nitrogens with one attached hydrogen (secondary N) is 1. The predicted molar refractivity (Wildman–Crippen MR) is 153 cm³/mol. The van der Waals surface area contributed by atoms with Crippen molar-refractivity contribution in [3.05, 3.63) is 70.9 Å². The minimum Gasteiger partial charge on any atom is -0.506 e. The zero-order chi connectivity index (χ0) is 27.1. The maximum atomic E-state index is 12.7. The van der Waals surface area contributed by atoms with Gasteiger partial charge in [-0.2, -0.15) is 4.31 Å².